The molecule has 0 N–H and O–H groups in total. The average Bonchev–Trinajstić information content (AvgIpc) is 2.87. The predicted octanol–water partition coefficient (Wildman–Crippen LogP) is 5.37. The number of ether oxygens (including phenoxy) is 2. The van der Waals surface area contributed by atoms with Gasteiger partial charge in [0.15, 0.2) is 0 Å². The largest absolute Gasteiger partial charge is 0.460 e. The maximum absolute atomic E-state index is 13.3. The Hall–Kier alpha value is -3.91. The average molecular weight is 508 g/mol. The Labute approximate surface area is 216 Å². The molecule has 1 saturated heterocycles. The fourth-order valence-corrected chi connectivity index (χ4v) is 4.23. The Morgan fingerprint density at radius 3 is 2.54 bits per heavy atom. The molecule has 1 aromatic carbocycles. The number of benzene rings is 1. The number of hydrogen-bond acceptors (Lipinski definition) is 7. The third-order valence-electron chi connectivity index (χ3n) is 6.14. The number of pyridine rings is 1. The van der Waals surface area contributed by atoms with Crippen molar-refractivity contribution >= 4 is 23.7 Å². The number of aromatic nitrogens is 1. The molecule has 0 bridgehead atoms. The minimum atomic E-state index is -0.963. The van der Waals surface area contributed by atoms with Crippen LogP contribution >= 0.6 is 0 Å². The highest BCUT2D eigenvalue weighted by molar-refractivity contribution is 5.98. The van der Waals surface area contributed by atoms with E-state index < -0.39 is 23.0 Å². The highest BCUT2D eigenvalue weighted by atomic mass is 16.6. The minimum Gasteiger partial charge on any atom is -0.460 e. The van der Waals surface area contributed by atoms with Gasteiger partial charge < -0.3 is 9.47 Å². The summed E-state index contributed by atoms with van der Waals surface area (Å²) in [5.41, 5.74) is 8.07. The van der Waals surface area contributed by atoms with Gasteiger partial charge in [0.1, 0.15) is 18.0 Å². The van der Waals surface area contributed by atoms with Gasteiger partial charge in [0.25, 0.3) is 0 Å². The van der Waals surface area contributed by atoms with Gasteiger partial charge in [-0.1, -0.05) is 41.9 Å². The molecule has 2 heterocycles. The van der Waals surface area contributed by atoms with E-state index in [1.54, 1.807) is 32.9 Å². The number of hydrogen-bond donors (Lipinski definition) is 0. The van der Waals surface area contributed by atoms with E-state index in [2.05, 4.69) is 15.0 Å². The van der Waals surface area contributed by atoms with Crippen LogP contribution in [0.3, 0.4) is 0 Å². The molecule has 10 nitrogen and oxygen atoms in total. The van der Waals surface area contributed by atoms with Crippen molar-refractivity contribution in [3.63, 3.8) is 0 Å². The van der Waals surface area contributed by atoms with Crippen LogP contribution in [0.4, 0.5) is 5.82 Å². The number of piperidine rings is 1. The lowest BCUT2D eigenvalue weighted by molar-refractivity contribution is -0.161. The third-order valence-corrected chi connectivity index (χ3v) is 6.14. The molecule has 1 atom stereocenters. The van der Waals surface area contributed by atoms with Gasteiger partial charge in [0.2, 0.25) is 5.91 Å². The van der Waals surface area contributed by atoms with E-state index in [-0.39, 0.29) is 25.5 Å². The number of carbonyl (C=O) groups excluding carboxylic acids is 3. The van der Waals surface area contributed by atoms with Crippen LogP contribution in [0, 0.1) is 5.41 Å². The van der Waals surface area contributed by atoms with Crippen LogP contribution in [-0.2, 0) is 25.7 Å². The molecule has 0 radical (unpaired) electrons. The van der Waals surface area contributed by atoms with Crippen molar-refractivity contribution in [2.45, 2.75) is 65.1 Å². The van der Waals surface area contributed by atoms with Gasteiger partial charge in [0.05, 0.1) is 11.0 Å². The number of esters is 2. The zero-order valence-corrected chi connectivity index (χ0v) is 21.6. The van der Waals surface area contributed by atoms with Crippen LogP contribution in [0.1, 0.15) is 68.8 Å². The van der Waals surface area contributed by atoms with Gasteiger partial charge in [0, 0.05) is 30.6 Å². The SMILES string of the molecule is CC(C)(C)OC(=O)c1ccc(N2CCC(CCCCN=[N+]=[N-])(C(=O)OCc3ccccc3)CC2=O)nc1. The summed E-state index contributed by atoms with van der Waals surface area (Å²) in [7, 11) is 0. The Kier molecular flexibility index (Phi) is 9.25. The van der Waals surface area contributed by atoms with E-state index in [9.17, 15) is 14.4 Å². The second-order valence-electron chi connectivity index (χ2n) is 10.1. The first-order valence-electron chi connectivity index (χ1n) is 12.4. The summed E-state index contributed by atoms with van der Waals surface area (Å²) < 4.78 is 11.0. The van der Waals surface area contributed by atoms with E-state index in [0.717, 1.165) is 5.56 Å². The van der Waals surface area contributed by atoms with E-state index in [4.69, 9.17) is 15.0 Å². The fourth-order valence-electron chi connectivity index (χ4n) is 4.23. The van der Waals surface area contributed by atoms with Crippen molar-refractivity contribution in [1.29, 1.82) is 0 Å². The first kappa shape index (κ1) is 27.7. The quantitative estimate of drug-likeness (QED) is 0.139. The number of anilines is 1. The normalized spacial score (nSPS) is 17.6. The number of rotatable bonds is 10. The molecule has 1 aliphatic heterocycles. The van der Waals surface area contributed by atoms with Crippen LogP contribution in [0.2, 0.25) is 0 Å². The number of unbranched alkanes of at least 4 members (excludes halogenated alkanes) is 1. The van der Waals surface area contributed by atoms with E-state index in [1.165, 1.54) is 11.1 Å². The summed E-state index contributed by atoms with van der Waals surface area (Å²) in [5, 5.41) is 3.55. The molecule has 0 spiro atoms. The molecule has 196 valence electrons. The van der Waals surface area contributed by atoms with Crippen molar-refractivity contribution < 1.29 is 23.9 Å². The second-order valence-corrected chi connectivity index (χ2v) is 10.1. The number of carbonyl (C=O) groups is 3. The lowest BCUT2D eigenvalue weighted by Crippen LogP contribution is -2.48. The smallest absolute Gasteiger partial charge is 0.340 e. The van der Waals surface area contributed by atoms with Gasteiger partial charge in [-0.2, -0.15) is 0 Å². The van der Waals surface area contributed by atoms with Crippen molar-refractivity contribution in [3.05, 3.63) is 70.2 Å². The van der Waals surface area contributed by atoms with E-state index in [0.29, 0.717) is 43.6 Å². The van der Waals surface area contributed by atoms with Crippen LogP contribution in [-0.4, -0.2) is 41.5 Å². The predicted molar refractivity (Wildman–Crippen MR) is 138 cm³/mol. The van der Waals surface area contributed by atoms with Crippen molar-refractivity contribution in [2.24, 2.45) is 10.5 Å². The Morgan fingerprint density at radius 1 is 1.16 bits per heavy atom. The number of amides is 1. The van der Waals surface area contributed by atoms with Crippen LogP contribution < -0.4 is 4.90 Å². The molecule has 2 aromatic rings. The summed E-state index contributed by atoms with van der Waals surface area (Å²) in [6.07, 6.45) is 3.47. The number of nitrogens with zero attached hydrogens (tertiary/aromatic N) is 5. The molecular formula is C27H33N5O5. The maximum Gasteiger partial charge on any atom is 0.340 e. The van der Waals surface area contributed by atoms with Crippen LogP contribution in [0.15, 0.2) is 53.8 Å². The van der Waals surface area contributed by atoms with Gasteiger partial charge in [-0.05, 0) is 63.3 Å². The summed E-state index contributed by atoms with van der Waals surface area (Å²) in [6.45, 7) is 6.10. The van der Waals surface area contributed by atoms with Crippen molar-refractivity contribution in [1.82, 2.24) is 4.98 Å². The first-order valence-corrected chi connectivity index (χ1v) is 12.4. The summed E-state index contributed by atoms with van der Waals surface area (Å²) in [6, 6.07) is 12.6. The third kappa shape index (κ3) is 7.79. The lowest BCUT2D eigenvalue weighted by Gasteiger charge is -2.39. The van der Waals surface area contributed by atoms with Crippen LogP contribution in [0.5, 0.6) is 0 Å². The highest BCUT2D eigenvalue weighted by Gasteiger charge is 2.46. The van der Waals surface area contributed by atoms with Gasteiger partial charge in [-0.3, -0.25) is 14.5 Å². The van der Waals surface area contributed by atoms with E-state index in [1.807, 2.05) is 30.3 Å². The maximum atomic E-state index is 13.3. The van der Waals surface area contributed by atoms with Gasteiger partial charge in [-0.25, -0.2) is 9.78 Å². The molecule has 1 fully saturated rings. The fraction of sp³-hybridized carbons (Fsp3) is 0.481. The van der Waals surface area contributed by atoms with Gasteiger partial charge in [-0.15, -0.1) is 0 Å². The van der Waals surface area contributed by atoms with Crippen molar-refractivity contribution in [2.75, 3.05) is 18.0 Å². The minimum absolute atomic E-state index is 0.0162. The Balaban J connectivity index is 1.70. The molecular weight excluding hydrogens is 474 g/mol. The molecule has 1 unspecified atom stereocenters. The molecule has 0 saturated carbocycles. The van der Waals surface area contributed by atoms with E-state index >= 15 is 0 Å². The topological polar surface area (TPSA) is 135 Å². The number of azide groups is 1. The molecule has 1 amide bonds. The summed E-state index contributed by atoms with van der Waals surface area (Å²) in [5.74, 6) is -0.721. The molecule has 10 heteroatoms. The zero-order chi connectivity index (χ0) is 26.9. The summed E-state index contributed by atoms with van der Waals surface area (Å²) in [4.78, 5) is 47.4. The molecule has 3 rings (SSSR count). The van der Waals surface area contributed by atoms with Gasteiger partial charge >= 0.3 is 11.9 Å². The Bertz CT molecular complexity index is 1140. The van der Waals surface area contributed by atoms with Crippen molar-refractivity contribution in [3.8, 4) is 0 Å². The molecule has 0 aliphatic carbocycles. The monoisotopic (exact) mass is 507 g/mol. The highest BCUT2D eigenvalue weighted by Crippen LogP contribution is 2.40. The Morgan fingerprint density at radius 2 is 1.92 bits per heavy atom. The lowest BCUT2D eigenvalue weighted by atomic mass is 9.74. The second kappa shape index (κ2) is 12.4. The standard InChI is InChI=1S/C27H33N5O5/c1-26(2,3)37-24(34)21-11-12-22(29-18-21)32-16-14-27(17-23(32)33,13-7-8-15-30-31-28)25(35)36-19-20-9-5-4-6-10-20/h4-6,9-12,18H,7-8,13-17,19H2,1-3H3. The first-order chi connectivity index (χ1) is 17.6. The zero-order valence-electron chi connectivity index (χ0n) is 21.6. The summed E-state index contributed by atoms with van der Waals surface area (Å²) >= 11 is 0. The molecule has 37 heavy (non-hydrogen) atoms. The molecule has 1 aromatic heterocycles. The van der Waals surface area contributed by atoms with Crippen LogP contribution in [0.25, 0.3) is 10.4 Å². The molecule has 1 aliphatic rings.